The number of benzene rings is 6. The van der Waals surface area contributed by atoms with Crippen LogP contribution in [0, 0.1) is 0 Å². The van der Waals surface area contributed by atoms with Gasteiger partial charge in [-0.05, 0) is 0 Å². The molecule has 1 aliphatic heterocycles. The first kappa shape index (κ1) is 35.6. The van der Waals surface area contributed by atoms with Crippen molar-refractivity contribution in [3.8, 4) is 0 Å². The Bertz CT molecular complexity index is 2130. The average Bonchev–Trinajstić information content (AvgIpc) is 3.95. The third-order valence-electron chi connectivity index (χ3n) is 11.6. The Labute approximate surface area is 332 Å². The van der Waals surface area contributed by atoms with E-state index in [1.165, 1.54) is 0 Å². The summed E-state index contributed by atoms with van der Waals surface area (Å²) in [5.41, 5.74) is 4.02. The fourth-order valence-corrected chi connectivity index (χ4v) is 14.8. The van der Waals surface area contributed by atoms with Crippen LogP contribution in [-0.4, -0.2) is 11.9 Å². The quantitative estimate of drug-likeness (QED) is 0.103. The van der Waals surface area contributed by atoms with E-state index in [1.54, 1.807) is 0 Å². The Hall–Kier alpha value is -6.07. The van der Waals surface area contributed by atoms with E-state index >= 15 is 9.59 Å². The molecule has 0 spiro atoms. The molecule has 5 heteroatoms. The molecule has 0 N–H and O–H groups in total. The molecule has 0 fully saturated rings. The van der Waals surface area contributed by atoms with Crippen LogP contribution in [0.5, 0.6) is 0 Å². The van der Waals surface area contributed by atoms with Crippen molar-refractivity contribution in [2.75, 3.05) is 0 Å². The Balaban J connectivity index is 1.30. The fraction of sp³-hybridized carbons (Fsp3) is 0.0980. The summed E-state index contributed by atoms with van der Waals surface area (Å²) in [6, 6.07) is 59.1. The van der Waals surface area contributed by atoms with Gasteiger partial charge in [0.15, 0.2) is 0 Å². The van der Waals surface area contributed by atoms with Crippen molar-refractivity contribution in [2.45, 2.75) is 30.1 Å². The minimum atomic E-state index is -4.96. The van der Waals surface area contributed by atoms with Gasteiger partial charge in [-0.3, -0.25) is 0 Å². The third-order valence-corrected chi connectivity index (χ3v) is 17.2. The van der Waals surface area contributed by atoms with E-state index in [2.05, 4.69) is 24.3 Å². The second kappa shape index (κ2) is 14.9. The van der Waals surface area contributed by atoms with Crippen molar-refractivity contribution in [1.82, 2.24) is 0 Å². The molecule has 0 bridgehead atoms. The zero-order chi connectivity index (χ0) is 38.0. The summed E-state index contributed by atoms with van der Waals surface area (Å²) in [6.45, 7) is 0. The summed E-state index contributed by atoms with van der Waals surface area (Å²) >= 11 is -4.96. The molecule has 0 unspecified atom stereocenters. The van der Waals surface area contributed by atoms with Gasteiger partial charge < -0.3 is 0 Å². The van der Waals surface area contributed by atoms with E-state index in [1.807, 2.05) is 182 Å². The zero-order valence-electron chi connectivity index (χ0n) is 30.9. The van der Waals surface area contributed by atoms with E-state index in [-0.39, 0.29) is 0 Å². The number of hydrogen-bond donors (Lipinski definition) is 0. The second-order valence-electron chi connectivity index (χ2n) is 14.5. The first-order valence-electron chi connectivity index (χ1n) is 19.2. The number of rotatable bonds is 10. The van der Waals surface area contributed by atoms with Crippen LogP contribution in [0.3, 0.4) is 0 Å². The van der Waals surface area contributed by atoms with Crippen LogP contribution in [0.2, 0.25) is 0 Å². The maximum atomic E-state index is 16.1. The summed E-state index contributed by atoms with van der Waals surface area (Å²) in [5.74, 6) is -0.920. The molecule has 2 aliphatic carbocycles. The fourth-order valence-electron chi connectivity index (χ4n) is 9.03. The molecule has 272 valence electrons. The van der Waals surface area contributed by atoms with Gasteiger partial charge in [0, 0.05) is 0 Å². The Morgan fingerprint density at radius 2 is 0.643 bits per heavy atom. The van der Waals surface area contributed by atoms with Crippen LogP contribution >= 0.6 is 0 Å². The van der Waals surface area contributed by atoms with Crippen LogP contribution < -0.4 is 0 Å². The van der Waals surface area contributed by atoms with E-state index in [0.717, 1.165) is 52.3 Å². The van der Waals surface area contributed by atoms with Gasteiger partial charge in [0.1, 0.15) is 0 Å². The molecule has 1 heterocycles. The van der Waals surface area contributed by atoms with Crippen LogP contribution in [0.1, 0.15) is 52.6 Å². The van der Waals surface area contributed by atoms with E-state index in [9.17, 15) is 0 Å². The van der Waals surface area contributed by atoms with E-state index in [0.29, 0.717) is 19.3 Å². The van der Waals surface area contributed by atoms with Crippen LogP contribution in [0.15, 0.2) is 225 Å². The van der Waals surface area contributed by atoms with Crippen molar-refractivity contribution in [3.05, 3.63) is 259 Å². The maximum absolute atomic E-state index is 16.1. The molecule has 3 aliphatic rings. The molecule has 0 saturated carbocycles. The summed E-state index contributed by atoms with van der Waals surface area (Å²) in [6.07, 6.45) is 10.3. The zero-order valence-corrected chi connectivity index (χ0v) is 32.4. The van der Waals surface area contributed by atoms with Gasteiger partial charge in [-0.15, -0.1) is 0 Å². The Morgan fingerprint density at radius 3 is 0.893 bits per heavy atom. The van der Waals surface area contributed by atoms with Gasteiger partial charge in [0.2, 0.25) is 0 Å². The molecular formula is C51H40O4Ti. The van der Waals surface area contributed by atoms with Gasteiger partial charge in [-0.2, -0.15) is 0 Å². The molecule has 4 nitrogen and oxygen atoms in total. The van der Waals surface area contributed by atoms with Gasteiger partial charge in [-0.1, -0.05) is 0 Å². The van der Waals surface area contributed by atoms with Crippen LogP contribution in [0.25, 0.3) is 0 Å². The normalized spacial score (nSPS) is 15.6. The molecule has 6 aromatic carbocycles. The molecule has 0 aromatic heterocycles. The Kier molecular flexibility index (Phi) is 9.46. The standard InChI is InChI=1S/2C20H16O2.C11H10.Ti/c2*21-19(22)20(16-10-4-1-5-11-16,17-12-6-2-7-13-17)18-14-8-3-9-15-18;1-2-6-10(5-1)9-11-7-3-4-8-11;/h2*1-15H,(H,21,22);1,3,5,7H,2,4,9H2;/q;;;+2/p-2. The molecule has 0 radical (unpaired) electrons. The van der Waals surface area contributed by atoms with Crippen molar-refractivity contribution in [1.29, 1.82) is 0 Å². The average molecular weight is 765 g/mol. The summed E-state index contributed by atoms with van der Waals surface area (Å²) in [5, 5.41) is 0. The number of allylic oxidation sites excluding steroid dienone is 8. The first-order chi connectivity index (χ1) is 27.6. The summed E-state index contributed by atoms with van der Waals surface area (Å²) in [4.78, 5) is 32.2. The first-order valence-corrected chi connectivity index (χ1v) is 22.0. The molecule has 0 saturated heterocycles. The summed E-state index contributed by atoms with van der Waals surface area (Å²) in [7, 11) is 0. The number of carbonyl (C=O) groups is 2. The van der Waals surface area contributed by atoms with Crippen molar-refractivity contribution < 1.29 is 33.6 Å². The van der Waals surface area contributed by atoms with Crippen LogP contribution in [-0.2, 0) is 44.4 Å². The predicted molar refractivity (Wildman–Crippen MR) is 217 cm³/mol. The number of hydrogen-bond acceptors (Lipinski definition) is 4. The molecule has 0 atom stereocenters. The SMILES string of the molecule is O=C([O][Ti]1([O]C(=O)C(c2ccccc2)(c2ccccc2)c2ccccc2)[C]2=C(C=CC2)CC2=[C]1CC=C2)C(c1ccccc1)(c1ccccc1)c1ccccc1. The summed E-state index contributed by atoms with van der Waals surface area (Å²) < 4.78 is 16.8. The van der Waals surface area contributed by atoms with Crippen LogP contribution in [0.4, 0.5) is 0 Å². The third kappa shape index (κ3) is 5.71. The van der Waals surface area contributed by atoms with Gasteiger partial charge >= 0.3 is 334 Å². The van der Waals surface area contributed by atoms with Gasteiger partial charge in [-0.25, -0.2) is 0 Å². The monoisotopic (exact) mass is 764 g/mol. The van der Waals surface area contributed by atoms with E-state index < -0.39 is 40.1 Å². The predicted octanol–water partition coefficient (Wildman–Crippen LogP) is 11.0. The van der Waals surface area contributed by atoms with Crippen molar-refractivity contribution in [2.24, 2.45) is 0 Å². The Morgan fingerprint density at radius 1 is 0.393 bits per heavy atom. The van der Waals surface area contributed by atoms with Crippen molar-refractivity contribution >= 4 is 11.9 Å². The molecule has 0 amide bonds. The topological polar surface area (TPSA) is 52.6 Å². The minimum absolute atomic E-state index is 0.460. The molecule has 9 rings (SSSR count). The van der Waals surface area contributed by atoms with Gasteiger partial charge in [0.05, 0.1) is 0 Å². The van der Waals surface area contributed by atoms with Gasteiger partial charge in [0.25, 0.3) is 0 Å². The molecule has 6 aromatic rings. The molecule has 56 heavy (non-hydrogen) atoms. The number of carbonyl (C=O) groups excluding carboxylic acids is 2. The van der Waals surface area contributed by atoms with Crippen molar-refractivity contribution in [3.63, 3.8) is 0 Å². The van der Waals surface area contributed by atoms with E-state index in [4.69, 9.17) is 6.64 Å². The second-order valence-corrected chi connectivity index (χ2v) is 18.9. The molecular weight excluding hydrogens is 724 g/mol.